The summed E-state index contributed by atoms with van der Waals surface area (Å²) in [5.74, 6) is 0.261. The molecule has 0 unspecified atom stereocenters. The van der Waals surface area contributed by atoms with Crippen LogP contribution in [0.2, 0.25) is 0 Å². The predicted molar refractivity (Wildman–Crippen MR) is 50.2 cm³/mol. The number of rotatable bonds is 4. The number of hydrogen-bond acceptors (Lipinski definition) is 3. The van der Waals surface area contributed by atoms with Gasteiger partial charge in [0.05, 0.1) is 6.61 Å². The van der Waals surface area contributed by atoms with Crippen molar-refractivity contribution in [3.05, 3.63) is 0 Å². The molecule has 0 aliphatic heterocycles. The Morgan fingerprint density at radius 3 is 2.92 bits per heavy atom. The molecule has 0 aromatic rings. The van der Waals surface area contributed by atoms with Crippen molar-refractivity contribution in [2.45, 2.75) is 25.3 Å². The molecule has 1 aliphatic carbocycles. The van der Waals surface area contributed by atoms with Crippen molar-refractivity contribution in [1.29, 1.82) is 0 Å². The van der Waals surface area contributed by atoms with Crippen molar-refractivity contribution in [3.8, 4) is 0 Å². The summed E-state index contributed by atoms with van der Waals surface area (Å²) in [4.78, 5) is 11.4. The zero-order valence-electron chi connectivity index (χ0n) is 8.08. The summed E-state index contributed by atoms with van der Waals surface area (Å²) < 4.78 is 4.84. The fourth-order valence-electron chi connectivity index (χ4n) is 1.68. The molecule has 0 radical (unpaired) electrons. The summed E-state index contributed by atoms with van der Waals surface area (Å²) in [6.45, 7) is 1.17. The number of ether oxygens (including phenoxy) is 1. The van der Waals surface area contributed by atoms with E-state index in [1.807, 2.05) is 0 Å². The minimum absolute atomic E-state index is 0.130. The first-order chi connectivity index (χ1) is 6.24. The molecule has 0 aromatic heterocycles. The molecule has 0 saturated heterocycles. The third-order valence-corrected chi connectivity index (χ3v) is 2.45. The Kier molecular flexibility index (Phi) is 4.18. The summed E-state index contributed by atoms with van der Waals surface area (Å²) >= 11 is 0. The maximum absolute atomic E-state index is 11.4. The van der Waals surface area contributed by atoms with E-state index in [0.717, 1.165) is 19.3 Å². The standard InChI is InChI=1S/C9H18N2O2/c1-13-5-4-11-9(12)7-2-3-8(10)6-7/h7-8H,2-6,10H2,1H3,(H,11,12)/t7-,8+/m1/s1. The van der Waals surface area contributed by atoms with Gasteiger partial charge in [-0.05, 0) is 19.3 Å². The molecule has 1 rings (SSSR count). The first-order valence-corrected chi connectivity index (χ1v) is 4.76. The highest BCUT2D eigenvalue weighted by Gasteiger charge is 2.27. The van der Waals surface area contributed by atoms with E-state index in [9.17, 15) is 4.79 Å². The molecule has 4 heteroatoms. The highest BCUT2D eigenvalue weighted by Crippen LogP contribution is 2.23. The molecule has 76 valence electrons. The second-order valence-electron chi connectivity index (χ2n) is 3.55. The van der Waals surface area contributed by atoms with Gasteiger partial charge in [-0.3, -0.25) is 4.79 Å². The van der Waals surface area contributed by atoms with E-state index in [1.54, 1.807) is 7.11 Å². The van der Waals surface area contributed by atoms with Gasteiger partial charge in [0.2, 0.25) is 5.91 Å². The third-order valence-electron chi connectivity index (χ3n) is 2.45. The molecule has 1 fully saturated rings. The van der Waals surface area contributed by atoms with Crippen LogP contribution in [0.3, 0.4) is 0 Å². The van der Waals surface area contributed by atoms with Gasteiger partial charge in [-0.2, -0.15) is 0 Å². The summed E-state index contributed by atoms with van der Waals surface area (Å²) in [6.07, 6.45) is 2.74. The Morgan fingerprint density at radius 1 is 1.62 bits per heavy atom. The van der Waals surface area contributed by atoms with Gasteiger partial charge in [0, 0.05) is 25.6 Å². The lowest BCUT2D eigenvalue weighted by atomic mass is 10.1. The quantitative estimate of drug-likeness (QED) is 0.601. The van der Waals surface area contributed by atoms with Crippen LogP contribution in [0.1, 0.15) is 19.3 Å². The van der Waals surface area contributed by atoms with Crippen LogP contribution in [-0.2, 0) is 9.53 Å². The number of hydrogen-bond donors (Lipinski definition) is 2. The van der Waals surface area contributed by atoms with Gasteiger partial charge in [-0.1, -0.05) is 0 Å². The molecule has 0 aromatic carbocycles. The Hall–Kier alpha value is -0.610. The van der Waals surface area contributed by atoms with Gasteiger partial charge in [-0.25, -0.2) is 0 Å². The normalized spacial score (nSPS) is 27.5. The number of carbonyl (C=O) groups is 1. The number of carbonyl (C=O) groups excluding carboxylic acids is 1. The van der Waals surface area contributed by atoms with E-state index in [0.29, 0.717) is 13.2 Å². The number of methoxy groups -OCH3 is 1. The maximum Gasteiger partial charge on any atom is 0.223 e. The van der Waals surface area contributed by atoms with Crippen molar-refractivity contribution in [2.24, 2.45) is 11.7 Å². The van der Waals surface area contributed by atoms with Crippen molar-refractivity contribution in [3.63, 3.8) is 0 Å². The molecule has 1 amide bonds. The Morgan fingerprint density at radius 2 is 2.38 bits per heavy atom. The lowest BCUT2D eigenvalue weighted by Gasteiger charge is -2.09. The lowest BCUT2D eigenvalue weighted by molar-refractivity contribution is -0.125. The molecular weight excluding hydrogens is 168 g/mol. The second kappa shape index (κ2) is 5.19. The summed E-state index contributed by atoms with van der Waals surface area (Å²) in [7, 11) is 1.62. The predicted octanol–water partition coefficient (Wildman–Crippen LogP) is -0.124. The first kappa shape index (κ1) is 10.5. The van der Waals surface area contributed by atoms with Crippen LogP contribution in [0.5, 0.6) is 0 Å². The number of amides is 1. The highest BCUT2D eigenvalue weighted by atomic mass is 16.5. The monoisotopic (exact) mass is 186 g/mol. The van der Waals surface area contributed by atoms with Crippen molar-refractivity contribution >= 4 is 5.91 Å². The van der Waals surface area contributed by atoms with Crippen LogP contribution >= 0.6 is 0 Å². The van der Waals surface area contributed by atoms with Crippen molar-refractivity contribution in [2.75, 3.05) is 20.3 Å². The minimum Gasteiger partial charge on any atom is -0.383 e. The van der Waals surface area contributed by atoms with E-state index in [1.165, 1.54) is 0 Å². The van der Waals surface area contributed by atoms with Gasteiger partial charge < -0.3 is 15.8 Å². The molecule has 1 aliphatic rings. The zero-order chi connectivity index (χ0) is 9.68. The van der Waals surface area contributed by atoms with Gasteiger partial charge in [-0.15, -0.1) is 0 Å². The van der Waals surface area contributed by atoms with Crippen LogP contribution < -0.4 is 11.1 Å². The molecule has 0 spiro atoms. The number of nitrogens with two attached hydrogens (primary N) is 1. The van der Waals surface area contributed by atoms with E-state index in [-0.39, 0.29) is 17.9 Å². The van der Waals surface area contributed by atoms with E-state index < -0.39 is 0 Å². The zero-order valence-corrected chi connectivity index (χ0v) is 8.08. The molecule has 3 N–H and O–H groups in total. The van der Waals surface area contributed by atoms with E-state index >= 15 is 0 Å². The van der Waals surface area contributed by atoms with E-state index in [4.69, 9.17) is 10.5 Å². The van der Waals surface area contributed by atoms with Crippen LogP contribution in [0.4, 0.5) is 0 Å². The van der Waals surface area contributed by atoms with Crippen molar-refractivity contribution in [1.82, 2.24) is 5.32 Å². The third kappa shape index (κ3) is 3.32. The smallest absolute Gasteiger partial charge is 0.223 e. The van der Waals surface area contributed by atoms with Crippen molar-refractivity contribution < 1.29 is 9.53 Å². The highest BCUT2D eigenvalue weighted by molar-refractivity contribution is 5.78. The molecule has 1 saturated carbocycles. The Balaban J connectivity index is 2.16. The molecule has 4 nitrogen and oxygen atoms in total. The molecule has 13 heavy (non-hydrogen) atoms. The summed E-state index contributed by atoms with van der Waals surface area (Å²) in [6, 6.07) is 0.221. The van der Waals surface area contributed by atoms with Gasteiger partial charge in [0.1, 0.15) is 0 Å². The lowest BCUT2D eigenvalue weighted by Crippen LogP contribution is -2.32. The molecular formula is C9H18N2O2. The fourth-order valence-corrected chi connectivity index (χ4v) is 1.68. The van der Waals surface area contributed by atoms with Crippen LogP contribution in [0.25, 0.3) is 0 Å². The Labute approximate surface area is 78.8 Å². The average molecular weight is 186 g/mol. The number of nitrogens with one attached hydrogen (secondary N) is 1. The fraction of sp³-hybridized carbons (Fsp3) is 0.889. The topological polar surface area (TPSA) is 64.3 Å². The largest absolute Gasteiger partial charge is 0.383 e. The second-order valence-corrected chi connectivity index (χ2v) is 3.55. The van der Waals surface area contributed by atoms with Crippen LogP contribution in [0.15, 0.2) is 0 Å². The molecule has 0 heterocycles. The SMILES string of the molecule is COCCNC(=O)[C@@H]1CC[C@H](N)C1. The maximum atomic E-state index is 11.4. The van der Waals surface area contributed by atoms with Crippen LogP contribution in [-0.4, -0.2) is 32.2 Å². The Bertz CT molecular complexity index is 173. The average Bonchev–Trinajstić information content (AvgIpc) is 2.52. The summed E-state index contributed by atoms with van der Waals surface area (Å²) in [5, 5.41) is 2.83. The van der Waals surface area contributed by atoms with Gasteiger partial charge >= 0.3 is 0 Å². The summed E-state index contributed by atoms with van der Waals surface area (Å²) in [5.41, 5.74) is 5.71. The molecule has 0 bridgehead atoms. The van der Waals surface area contributed by atoms with Gasteiger partial charge in [0.15, 0.2) is 0 Å². The van der Waals surface area contributed by atoms with Gasteiger partial charge in [0.25, 0.3) is 0 Å². The minimum atomic E-state index is 0.130. The van der Waals surface area contributed by atoms with Crippen LogP contribution in [0, 0.1) is 5.92 Å². The first-order valence-electron chi connectivity index (χ1n) is 4.76. The molecule has 2 atom stereocenters. The van der Waals surface area contributed by atoms with E-state index in [2.05, 4.69) is 5.32 Å².